The molecule has 1 rings (SSSR count). The van der Waals surface area contributed by atoms with Crippen molar-refractivity contribution in [1.82, 2.24) is 0 Å². The zero-order valence-corrected chi connectivity index (χ0v) is 10.6. The number of rotatable bonds is 3. The van der Waals surface area contributed by atoms with Crippen molar-refractivity contribution in [2.24, 2.45) is 0 Å². The van der Waals surface area contributed by atoms with Crippen molar-refractivity contribution in [3.05, 3.63) is 41.5 Å². The number of ether oxygens (including phenoxy) is 1. The van der Waals surface area contributed by atoms with E-state index in [0.717, 1.165) is 5.56 Å². The number of carboxylic acid groups (broad SMARTS) is 1. The predicted octanol–water partition coefficient (Wildman–Crippen LogP) is 2.74. The number of hydrogen-bond donors (Lipinski definition) is 1. The molecule has 18 heavy (non-hydrogen) atoms. The molecule has 0 bridgehead atoms. The molecule has 0 spiro atoms. The van der Waals surface area contributed by atoms with Gasteiger partial charge in [0, 0.05) is 6.08 Å². The lowest BCUT2D eigenvalue weighted by Gasteiger charge is -2.17. The summed E-state index contributed by atoms with van der Waals surface area (Å²) >= 11 is 0. The second-order valence-electron chi connectivity index (χ2n) is 4.79. The number of carbonyl (C=O) groups is 2. The van der Waals surface area contributed by atoms with E-state index in [1.807, 2.05) is 0 Å². The van der Waals surface area contributed by atoms with Crippen LogP contribution in [0.2, 0.25) is 0 Å². The van der Waals surface area contributed by atoms with E-state index in [1.165, 1.54) is 18.2 Å². The molecule has 1 N–H and O–H groups in total. The van der Waals surface area contributed by atoms with Crippen molar-refractivity contribution in [1.29, 1.82) is 0 Å². The Bertz CT molecular complexity index is 464. The third-order valence-electron chi connectivity index (χ3n) is 1.98. The fourth-order valence-corrected chi connectivity index (χ4v) is 1.24. The van der Waals surface area contributed by atoms with Gasteiger partial charge in [0.1, 0.15) is 5.60 Å². The van der Waals surface area contributed by atoms with Crippen LogP contribution in [0.4, 0.5) is 0 Å². The third kappa shape index (κ3) is 4.82. The first-order valence-corrected chi connectivity index (χ1v) is 5.52. The minimum absolute atomic E-state index is 0.212. The lowest BCUT2D eigenvalue weighted by molar-refractivity contribution is -0.148. The summed E-state index contributed by atoms with van der Waals surface area (Å²) < 4.78 is 5.10. The van der Waals surface area contributed by atoms with Crippen LogP contribution in [0, 0.1) is 0 Å². The van der Waals surface area contributed by atoms with Crippen LogP contribution >= 0.6 is 0 Å². The summed E-state index contributed by atoms with van der Waals surface area (Å²) in [6.07, 6.45) is 2.90. The molecule has 0 saturated carbocycles. The average Bonchev–Trinajstić information content (AvgIpc) is 2.24. The van der Waals surface area contributed by atoms with E-state index in [4.69, 9.17) is 9.84 Å². The summed E-state index contributed by atoms with van der Waals surface area (Å²) in [4.78, 5) is 22.0. The number of hydrogen-bond acceptors (Lipinski definition) is 3. The summed E-state index contributed by atoms with van der Waals surface area (Å²) in [7, 11) is 0. The first kappa shape index (κ1) is 14.0. The predicted molar refractivity (Wildman–Crippen MR) is 68.3 cm³/mol. The van der Waals surface area contributed by atoms with Gasteiger partial charge in [-0.2, -0.15) is 0 Å². The summed E-state index contributed by atoms with van der Waals surface area (Å²) in [6, 6.07) is 6.23. The van der Waals surface area contributed by atoms with Gasteiger partial charge in [-0.05, 0) is 44.5 Å². The molecule has 1 aromatic carbocycles. The smallest absolute Gasteiger partial charge is 0.335 e. The number of carboxylic acids is 1. The second-order valence-corrected chi connectivity index (χ2v) is 4.79. The summed E-state index contributed by atoms with van der Waals surface area (Å²) in [6.45, 7) is 5.38. The van der Waals surface area contributed by atoms with Crippen molar-refractivity contribution < 1.29 is 19.4 Å². The lowest BCUT2D eigenvalue weighted by Crippen LogP contribution is -2.22. The van der Waals surface area contributed by atoms with Crippen LogP contribution in [-0.2, 0) is 9.53 Å². The number of benzene rings is 1. The van der Waals surface area contributed by atoms with E-state index < -0.39 is 17.5 Å². The maximum atomic E-state index is 11.4. The Labute approximate surface area is 106 Å². The minimum atomic E-state index is -0.974. The van der Waals surface area contributed by atoms with Gasteiger partial charge < -0.3 is 9.84 Å². The standard InChI is InChI=1S/C14H16O4/c1-14(2,3)18-12(15)9-6-10-4-7-11(8-5-10)13(16)17/h4-9H,1-3H3,(H,16,17)/b9-6+. The van der Waals surface area contributed by atoms with Crippen molar-refractivity contribution in [3.63, 3.8) is 0 Å². The minimum Gasteiger partial charge on any atom is -0.478 e. The van der Waals surface area contributed by atoms with E-state index in [2.05, 4.69) is 0 Å². The largest absolute Gasteiger partial charge is 0.478 e. The zero-order valence-electron chi connectivity index (χ0n) is 10.6. The molecule has 0 aromatic heterocycles. The van der Waals surface area contributed by atoms with Gasteiger partial charge in [0.2, 0.25) is 0 Å². The first-order valence-electron chi connectivity index (χ1n) is 5.52. The lowest BCUT2D eigenvalue weighted by atomic mass is 10.1. The van der Waals surface area contributed by atoms with Crippen LogP contribution in [0.3, 0.4) is 0 Å². The van der Waals surface area contributed by atoms with E-state index in [-0.39, 0.29) is 5.56 Å². The van der Waals surface area contributed by atoms with Crippen LogP contribution in [0.15, 0.2) is 30.3 Å². The second kappa shape index (κ2) is 5.49. The molecule has 0 aliphatic carbocycles. The molecule has 0 aliphatic heterocycles. The van der Waals surface area contributed by atoms with Gasteiger partial charge in [0.25, 0.3) is 0 Å². The Balaban J connectivity index is 2.67. The molecule has 0 unspecified atom stereocenters. The van der Waals surface area contributed by atoms with Gasteiger partial charge in [0.05, 0.1) is 5.56 Å². The third-order valence-corrected chi connectivity index (χ3v) is 1.98. The molecule has 4 nitrogen and oxygen atoms in total. The van der Waals surface area contributed by atoms with Crippen LogP contribution in [0.25, 0.3) is 6.08 Å². The van der Waals surface area contributed by atoms with Gasteiger partial charge in [0.15, 0.2) is 0 Å². The molecule has 0 heterocycles. The Morgan fingerprint density at radius 1 is 1.17 bits per heavy atom. The van der Waals surface area contributed by atoms with Crippen molar-refractivity contribution in [2.45, 2.75) is 26.4 Å². The summed E-state index contributed by atoms with van der Waals surface area (Å²) in [5.74, 6) is -1.40. The Hall–Kier alpha value is -2.10. The molecule has 0 fully saturated rings. The SMILES string of the molecule is CC(C)(C)OC(=O)/C=C/c1ccc(C(=O)O)cc1. The van der Waals surface area contributed by atoms with Crippen LogP contribution in [0.5, 0.6) is 0 Å². The topological polar surface area (TPSA) is 63.6 Å². The van der Waals surface area contributed by atoms with Crippen LogP contribution in [-0.4, -0.2) is 22.6 Å². The zero-order chi connectivity index (χ0) is 13.8. The van der Waals surface area contributed by atoms with Gasteiger partial charge in [-0.1, -0.05) is 12.1 Å². The van der Waals surface area contributed by atoms with Crippen LogP contribution < -0.4 is 0 Å². The number of esters is 1. The quantitative estimate of drug-likeness (QED) is 0.660. The molecule has 0 radical (unpaired) electrons. The molecule has 96 valence electrons. The maximum Gasteiger partial charge on any atom is 0.335 e. The van der Waals surface area contributed by atoms with E-state index >= 15 is 0 Å². The number of carbonyl (C=O) groups excluding carboxylic acids is 1. The molecule has 0 amide bonds. The molecule has 0 aliphatic rings. The fraction of sp³-hybridized carbons (Fsp3) is 0.286. The Morgan fingerprint density at radius 2 is 1.72 bits per heavy atom. The molecule has 4 heteroatoms. The monoisotopic (exact) mass is 248 g/mol. The van der Waals surface area contributed by atoms with Gasteiger partial charge in [-0.3, -0.25) is 0 Å². The maximum absolute atomic E-state index is 11.4. The van der Waals surface area contributed by atoms with E-state index in [0.29, 0.717) is 0 Å². The summed E-state index contributed by atoms with van der Waals surface area (Å²) in [5.41, 5.74) is 0.435. The van der Waals surface area contributed by atoms with Crippen molar-refractivity contribution in [2.75, 3.05) is 0 Å². The summed E-state index contributed by atoms with van der Waals surface area (Å²) in [5, 5.41) is 8.73. The molecule has 1 aromatic rings. The highest BCUT2D eigenvalue weighted by Gasteiger charge is 2.13. The molecule has 0 atom stereocenters. The Morgan fingerprint density at radius 3 is 2.17 bits per heavy atom. The van der Waals surface area contributed by atoms with Gasteiger partial charge in [-0.25, -0.2) is 9.59 Å². The Kier molecular flexibility index (Phi) is 4.26. The highest BCUT2D eigenvalue weighted by Crippen LogP contribution is 2.09. The van der Waals surface area contributed by atoms with E-state index in [1.54, 1.807) is 39.0 Å². The van der Waals surface area contributed by atoms with Gasteiger partial charge >= 0.3 is 11.9 Å². The molecular formula is C14H16O4. The highest BCUT2D eigenvalue weighted by molar-refractivity contribution is 5.89. The normalized spacial score (nSPS) is 11.5. The fourth-order valence-electron chi connectivity index (χ4n) is 1.24. The molecular weight excluding hydrogens is 232 g/mol. The van der Waals surface area contributed by atoms with Gasteiger partial charge in [-0.15, -0.1) is 0 Å². The van der Waals surface area contributed by atoms with Crippen molar-refractivity contribution in [3.8, 4) is 0 Å². The number of aromatic carboxylic acids is 1. The highest BCUT2D eigenvalue weighted by atomic mass is 16.6. The molecule has 0 saturated heterocycles. The van der Waals surface area contributed by atoms with E-state index in [9.17, 15) is 9.59 Å². The average molecular weight is 248 g/mol. The van der Waals surface area contributed by atoms with Crippen LogP contribution in [0.1, 0.15) is 36.7 Å². The first-order chi connectivity index (χ1) is 8.28. The van der Waals surface area contributed by atoms with Crippen molar-refractivity contribution >= 4 is 18.0 Å².